The lowest BCUT2D eigenvalue weighted by Gasteiger charge is -2.29. The number of anilines is 3. The number of nitrogens with zero attached hydrogens (tertiary/aromatic N) is 2. The molecular weight excluding hydrogens is 877 g/mol. The minimum Gasteiger partial charge on any atom is -0.310 e. The highest BCUT2D eigenvalue weighted by Gasteiger charge is 2.21. The molecule has 332 valence electrons. The summed E-state index contributed by atoms with van der Waals surface area (Å²) >= 11 is 1.90. The van der Waals surface area contributed by atoms with Gasteiger partial charge < -0.3 is 9.47 Å². The number of aromatic nitrogens is 1. The lowest BCUT2D eigenvalue weighted by molar-refractivity contribution is 1.18. The number of benzene rings is 12. The molecule has 0 radical (unpaired) electrons. The molecule has 0 amide bonds. The van der Waals surface area contributed by atoms with Crippen molar-refractivity contribution < 1.29 is 0 Å². The number of hydrogen-bond acceptors (Lipinski definition) is 2. The van der Waals surface area contributed by atoms with Crippen LogP contribution in [-0.2, 0) is 0 Å². The van der Waals surface area contributed by atoms with Crippen LogP contribution in [0.15, 0.2) is 267 Å². The predicted molar refractivity (Wildman–Crippen MR) is 305 cm³/mol. The Kier molecular flexibility index (Phi) is 9.75. The van der Waals surface area contributed by atoms with E-state index in [0.29, 0.717) is 0 Å². The van der Waals surface area contributed by atoms with Gasteiger partial charge in [0.15, 0.2) is 0 Å². The lowest BCUT2D eigenvalue weighted by Crippen LogP contribution is -2.11. The van der Waals surface area contributed by atoms with Crippen LogP contribution in [0.25, 0.3) is 114 Å². The Balaban J connectivity index is 0.903. The number of hydrogen-bond donors (Lipinski definition) is 0. The first kappa shape index (κ1) is 41.0. The normalized spacial score (nSPS) is 11.7. The van der Waals surface area contributed by atoms with Crippen LogP contribution >= 0.6 is 11.3 Å². The van der Waals surface area contributed by atoms with E-state index in [2.05, 4.69) is 276 Å². The Labute approximate surface area is 416 Å². The van der Waals surface area contributed by atoms with Crippen molar-refractivity contribution in [2.75, 3.05) is 4.90 Å². The van der Waals surface area contributed by atoms with Crippen LogP contribution in [0.5, 0.6) is 0 Å². The molecule has 14 aromatic rings. The summed E-state index contributed by atoms with van der Waals surface area (Å²) in [7, 11) is 0. The van der Waals surface area contributed by atoms with Gasteiger partial charge in [-0.2, -0.15) is 0 Å². The Morgan fingerprint density at radius 3 is 1.56 bits per heavy atom. The number of thiophene rings is 1. The fourth-order valence-corrected chi connectivity index (χ4v) is 12.3. The van der Waals surface area contributed by atoms with Gasteiger partial charge in [-0.05, 0) is 127 Å². The van der Waals surface area contributed by atoms with E-state index in [4.69, 9.17) is 0 Å². The zero-order chi connectivity index (χ0) is 46.8. The van der Waals surface area contributed by atoms with Gasteiger partial charge in [-0.15, -0.1) is 11.3 Å². The van der Waals surface area contributed by atoms with Crippen LogP contribution in [0.4, 0.5) is 17.1 Å². The third kappa shape index (κ3) is 7.01. The van der Waals surface area contributed by atoms with E-state index in [1.54, 1.807) is 0 Å². The van der Waals surface area contributed by atoms with Gasteiger partial charge in [-0.1, -0.05) is 200 Å². The Morgan fingerprint density at radius 2 is 0.803 bits per heavy atom. The second-order valence-electron chi connectivity index (χ2n) is 18.5. The average molecular weight is 921 g/mol. The van der Waals surface area contributed by atoms with Crippen molar-refractivity contribution >= 4 is 91.9 Å². The van der Waals surface area contributed by atoms with Crippen molar-refractivity contribution in [1.82, 2.24) is 4.57 Å². The monoisotopic (exact) mass is 920 g/mol. The van der Waals surface area contributed by atoms with Crippen LogP contribution in [0.2, 0.25) is 0 Å². The quantitative estimate of drug-likeness (QED) is 0.147. The van der Waals surface area contributed by atoms with Gasteiger partial charge in [-0.3, -0.25) is 0 Å². The molecule has 0 aliphatic rings. The Bertz CT molecular complexity index is 4280. The molecule has 3 heteroatoms. The van der Waals surface area contributed by atoms with Crippen LogP contribution in [0.3, 0.4) is 0 Å². The van der Waals surface area contributed by atoms with Gasteiger partial charge in [0.05, 0.1) is 16.7 Å². The summed E-state index contributed by atoms with van der Waals surface area (Å²) in [6.45, 7) is 0. The van der Waals surface area contributed by atoms with Gasteiger partial charge in [0.25, 0.3) is 0 Å². The van der Waals surface area contributed by atoms with Crippen molar-refractivity contribution in [1.29, 1.82) is 0 Å². The molecule has 2 heterocycles. The molecule has 0 N–H and O–H groups in total. The highest BCUT2D eigenvalue weighted by atomic mass is 32.1. The van der Waals surface area contributed by atoms with Crippen molar-refractivity contribution in [3.8, 4) is 50.2 Å². The molecule has 14 rings (SSSR count). The van der Waals surface area contributed by atoms with E-state index in [-0.39, 0.29) is 0 Å². The number of para-hydroxylation sites is 2. The predicted octanol–water partition coefficient (Wildman–Crippen LogP) is 19.6. The fraction of sp³-hybridized carbons (Fsp3) is 0. The van der Waals surface area contributed by atoms with Crippen LogP contribution in [0, 0.1) is 0 Å². The first-order valence-electron chi connectivity index (χ1n) is 24.3. The van der Waals surface area contributed by atoms with Gasteiger partial charge >= 0.3 is 0 Å². The fourth-order valence-electron chi connectivity index (χ4n) is 10.9. The maximum atomic E-state index is 2.43. The van der Waals surface area contributed by atoms with Crippen molar-refractivity contribution in [2.45, 2.75) is 0 Å². The molecule has 0 aliphatic heterocycles. The summed E-state index contributed by atoms with van der Waals surface area (Å²) in [5.41, 5.74) is 16.3. The summed E-state index contributed by atoms with van der Waals surface area (Å²) < 4.78 is 5.05. The number of fused-ring (bicyclic) bond motifs is 9. The van der Waals surface area contributed by atoms with E-state index in [1.165, 1.54) is 91.3 Å². The van der Waals surface area contributed by atoms with Crippen LogP contribution < -0.4 is 4.90 Å². The summed E-state index contributed by atoms with van der Waals surface area (Å²) in [4.78, 5) is 2.43. The van der Waals surface area contributed by atoms with Gasteiger partial charge in [0.1, 0.15) is 0 Å². The highest BCUT2D eigenvalue weighted by Crippen LogP contribution is 2.46. The van der Waals surface area contributed by atoms with Crippen molar-refractivity contribution in [3.63, 3.8) is 0 Å². The Morgan fingerprint density at radius 1 is 0.282 bits per heavy atom. The first-order valence-corrected chi connectivity index (χ1v) is 25.1. The molecule has 2 nitrogen and oxygen atoms in total. The van der Waals surface area contributed by atoms with E-state index in [0.717, 1.165) is 39.4 Å². The molecule has 0 unspecified atom stereocenters. The molecule has 0 bridgehead atoms. The van der Waals surface area contributed by atoms with Crippen LogP contribution in [-0.4, -0.2) is 4.57 Å². The maximum absolute atomic E-state index is 2.43. The third-order valence-corrected chi connectivity index (χ3v) is 15.7. The third-order valence-electron chi connectivity index (χ3n) is 14.4. The van der Waals surface area contributed by atoms with Gasteiger partial charge in [-0.25, -0.2) is 0 Å². The second kappa shape index (κ2) is 16.9. The largest absolute Gasteiger partial charge is 0.310 e. The van der Waals surface area contributed by atoms with Gasteiger partial charge in [0.2, 0.25) is 0 Å². The van der Waals surface area contributed by atoms with E-state index < -0.39 is 0 Å². The maximum Gasteiger partial charge on any atom is 0.0541 e. The topological polar surface area (TPSA) is 8.17 Å². The SMILES string of the molecule is c1ccc(-c2cc(-c3ccc4ccccc4c3)ccc2N(c2ccc(-c3cccc(-n4c5ccccc5c5ccccc54)c3)cc2)c2ccc(-c3cccc4c3sc3c5ccccc5ccc43)cc2)cc1. The lowest BCUT2D eigenvalue weighted by atomic mass is 9.95. The highest BCUT2D eigenvalue weighted by molar-refractivity contribution is 7.27. The van der Waals surface area contributed by atoms with Crippen molar-refractivity contribution in [3.05, 3.63) is 267 Å². The van der Waals surface area contributed by atoms with Crippen LogP contribution in [0.1, 0.15) is 0 Å². The van der Waals surface area contributed by atoms with E-state index >= 15 is 0 Å². The zero-order valence-electron chi connectivity index (χ0n) is 38.7. The molecule has 12 aromatic carbocycles. The summed E-state index contributed by atoms with van der Waals surface area (Å²) in [5, 5.41) is 10.2. The van der Waals surface area contributed by atoms with E-state index in [9.17, 15) is 0 Å². The molecule has 0 saturated carbocycles. The smallest absolute Gasteiger partial charge is 0.0541 e. The molecule has 71 heavy (non-hydrogen) atoms. The summed E-state index contributed by atoms with van der Waals surface area (Å²) in [6, 6.07) is 98.0. The molecule has 0 fully saturated rings. The zero-order valence-corrected chi connectivity index (χ0v) is 39.5. The summed E-state index contributed by atoms with van der Waals surface area (Å²) in [6.07, 6.45) is 0. The Hall–Kier alpha value is -9.02. The molecule has 0 saturated heterocycles. The molecule has 2 aromatic heterocycles. The molecule has 0 spiro atoms. The molecule has 0 aliphatic carbocycles. The number of rotatable bonds is 8. The first-order chi connectivity index (χ1) is 35.2. The average Bonchev–Trinajstić information content (AvgIpc) is 4.00. The standard InChI is InChI=1S/C68H44N2S/c1-2-15-47(16-3-1)63-44-53(52-29-28-45-14-4-5-18-50(45)42-52)35-41-66(63)69(55-38-32-49(33-39-55)58-24-13-25-61-62-40-34-48-17-6-7-21-57(48)68(62)71-67(58)61)54-36-30-46(31-37-54)51-19-12-20-56(43-51)70-64-26-10-8-22-59(64)60-23-9-11-27-65(60)70/h1-44H. The molecular formula is C68H44N2S. The van der Waals surface area contributed by atoms with E-state index in [1.807, 2.05) is 11.3 Å². The molecule has 0 atom stereocenters. The minimum absolute atomic E-state index is 1.08. The van der Waals surface area contributed by atoms with Gasteiger partial charge in [0, 0.05) is 53.6 Å². The minimum atomic E-state index is 1.08. The van der Waals surface area contributed by atoms with Crippen molar-refractivity contribution in [2.24, 2.45) is 0 Å². The second-order valence-corrected chi connectivity index (χ2v) is 19.5. The summed E-state index contributed by atoms with van der Waals surface area (Å²) in [5.74, 6) is 0.